The summed E-state index contributed by atoms with van der Waals surface area (Å²) in [6.45, 7) is 0.552. The van der Waals surface area contributed by atoms with E-state index in [9.17, 15) is 8.42 Å². The summed E-state index contributed by atoms with van der Waals surface area (Å²) in [5.74, 6) is 0.281. The summed E-state index contributed by atoms with van der Waals surface area (Å²) < 4.78 is 27.6. The average molecular weight is 353 g/mol. The fourth-order valence-electron chi connectivity index (χ4n) is 2.54. The van der Waals surface area contributed by atoms with Gasteiger partial charge < -0.3 is 5.73 Å². The molecule has 0 radical (unpaired) electrons. The van der Waals surface area contributed by atoms with Gasteiger partial charge in [0.1, 0.15) is 4.21 Å². The van der Waals surface area contributed by atoms with Crippen LogP contribution < -0.4 is 5.73 Å². The molecule has 2 N–H and O–H groups in total. The van der Waals surface area contributed by atoms with Crippen molar-refractivity contribution in [3.05, 3.63) is 15.9 Å². The number of halogens is 1. The maximum atomic E-state index is 12.5. The topological polar surface area (TPSA) is 63.4 Å². The first-order chi connectivity index (χ1) is 8.48. The molecule has 2 rings (SSSR count). The molecule has 0 spiro atoms. The van der Waals surface area contributed by atoms with E-state index in [0.717, 1.165) is 19.3 Å². The van der Waals surface area contributed by atoms with Gasteiger partial charge in [-0.2, -0.15) is 4.31 Å². The summed E-state index contributed by atoms with van der Waals surface area (Å²) in [7, 11) is -1.74. The number of rotatable bonds is 4. The zero-order valence-electron chi connectivity index (χ0n) is 10.2. The zero-order chi connectivity index (χ0) is 13.3. The molecule has 0 amide bonds. The minimum atomic E-state index is -3.40. The van der Waals surface area contributed by atoms with E-state index in [4.69, 9.17) is 5.73 Å². The molecule has 102 valence electrons. The van der Waals surface area contributed by atoms with Gasteiger partial charge in [-0.05, 0) is 52.7 Å². The van der Waals surface area contributed by atoms with Crippen LogP contribution in [0.5, 0.6) is 0 Å². The maximum absolute atomic E-state index is 12.5. The van der Waals surface area contributed by atoms with Gasteiger partial charge >= 0.3 is 0 Å². The average Bonchev–Trinajstić information content (AvgIpc) is 2.95. The Bertz CT molecular complexity index is 515. The van der Waals surface area contributed by atoms with Crippen molar-refractivity contribution in [2.24, 2.45) is 11.7 Å². The largest absolute Gasteiger partial charge is 0.330 e. The van der Waals surface area contributed by atoms with Crippen LogP contribution >= 0.6 is 27.3 Å². The summed E-state index contributed by atoms with van der Waals surface area (Å²) in [6, 6.07) is 1.80. The first-order valence-electron chi connectivity index (χ1n) is 5.89. The normalized spacial score (nSPS) is 24.9. The summed E-state index contributed by atoms with van der Waals surface area (Å²) in [6.07, 6.45) is 2.98. The molecule has 0 saturated heterocycles. The van der Waals surface area contributed by atoms with Crippen LogP contribution in [0.3, 0.4) is 0 Å². The van der Waals surface area contributed by atoms with E-state index in [1.54, 1.807) is 18.5 Å². The second-order valence-corrected chi connectivity index (χ2v) is 8.53. The molecule has 0 bridgehead atoms. The number of sulfonamides is 1. The van der Waals surface area contributed by atoms with E-state index in [1.165, 1.54) is 15.6 Å². The van der Waals surface area contributed by atoms with Crippen LogP contribution in [0.4, 0.5) is 0 Å². The van der Waals surface area contributed by atoms with Crippen molar-refractivity contribution in [1.29, 1.82) is 0 Å². The highest BCUT2D eigenvalue weighted by molar-refractivity contribution is 9.10. The third kappa shape index (κ3) is 2.51. The first kappa shape index (κ1) is 14.5. The molecule has 0 aliphatic heterocycles. The van der Waals surface area contributed by atoms with Crippen molar-refractivity contribution >= 4 is 37.3 Å². The van der Waals surface area contributed by atoms with Crippen molar-refractivity contribution in [2.75, 3.05) is 13.6 Å². The Morgan fingerprint density at radius 3 is 2.83 bits per heavy atom. The molecule has 1 fully saturated rings. The summed E-state index contributed by atoms with van der Waals surface area (Å²) in [5.41, 5.74) is 5.73. The number of hydrogen-bond acceptors (Lipinski definition) is 4. The highest BCUT2D eigenvalue weighted by atomic mass is 79.9. The maximum Gasteiger partial charge on any atom is 0.253 e. The van der Waals surface area contributed by atoms with Gasteiger partial charge in [0.05, 0.1) is 0 Å². The number of nitrogens with zero attached hydrogens (tertiary/aromatic N) is 1. The van der Waals surface area contributed by atoms with Gasteiger partial charge in [0, 0.05) is 17.6 Å². The van der Waals surface area contributed by atoms with Crippen LogP contribution in [0.2, 0.25) is 0 Å². The fourth-order valence-corrected chi connectivity index (χ4v) is 6.47. The quantitative estimate of drug-likeness (QED) is 0.903. The van der Waals surface area contributed by atoms with Crippen molar-refractivity contribution in [3.63, 3.8) is 0 Å². The van der Waals surface area contributed by atoms with Crippen molar-refractivity contribution < 1.29 is 8.42 Å². The van der Waals surface area contributed by atoms with Crippen LogP contribution in [-0.2, 0) is 10.0 Å². The molecule has 1 aromatic rings. The molecule has 0 aromatic carbocycles. The Morgan fingerprint density at radius 1 is 1.56 bits per heavy atom. The van der Waals surface area contributed by atoms with Crippen LogP contribution in [0.1, 0.15) is 19.3 Å². The second-order valence-electron chi connectivity index (χ2n) is 4.57. The van der Waals surface area contributed by atoms with Crippen molar-refractivity contribution in [3.8, 4) is 0 Å². The van der Waals surface area contributed by atoms with E-state index in [-0.39, 0.29) is 12.0 Å². The molecule has 2 unspecified atom stereocenters. The first-order valence-corrected chi connectivity index (χ1v) is 9.01. The summed E-state index contributed by atoms with van der Waals surface area (Å²) in [5, 5.41) is 1.78. The van der Waals surface area contributed by atoms with Crippen LogP contribution in [0, 0.1) is 5.92 Å². The van der Waals surface area contributed by atoms with Gasteiger partial charge in [0.25, 0.3) is 10.0 Å². The van der Waals surface area contributed by atoms with E-state index < -0.39 is 10.0 Å². The van der Waals surface area contributed by atoms with E-state index in [0.29, 0.717) is 15.2 Å². The lowest BCUT2D eigenvalue weighted by Crippen LogP contribution is -2.41. The highest BCUT2D eigenvalue weighted by Gasteiger charge is 2.37. The molecular formula is C11H17BrN2O2S2. The summed E-state index contributed by atoms with van der Waals surface area (Å²) in [4.78, 5) is 0. The fraction of sp³-hybridized carbons (Fsp3) is 0.636. The standard InChI is InChI=1S/C11H17BrN2O2S2/c1-14(10-4-2-3-8(10)7-13)18(15,16)11-9(12)5-6-17-11/h5-6,8,10H,2-4,7,13H2,1H3. The van der Waals surface area contributed by atoms with Crippen LogP contribution in [0.15, 0.2) is 20.1 Å². The lowest BCUT2D eigenvalue weighted by molar-refractivity contribution is 0.304. The van der Waals surface area contributed by atoms with Gasteiger partial charge in [-0.25, -0.2) is 8.42 Å². The second kappa shape index (κ2) is 5.58. The number of thiophene rings is 1. The lowest BCUT2D eigenvalue weighted by atomic mass is 10.0. The third-order valence-electron chi connectivity index (χ3n) is 3.59. The Labute approximate surface area is 120 Å². The molecule has 2 atom stereocenters. The summed E-state index contributed by atoms with van der Waals surface area (Å²) >= 11 is 4.54. The molecule has 7 heteroatoms. The van der Waals surface area contributed by atoms with Gasteiger partial charge in [-0.1, -0.05) is 6.42 Å². The molecule has 18 heavy (non-hydrogen) atoms. The lowest BCUT2D eigenvalue weighted by Gasteiger charge is -2.28. The van der Waals surface area contributed by atoms with Crippen molar-refractivity contribution in [2.45, 2.75) is 29.5 Å². The van der Waals surface area contributed by atoms with Gasteiger partial charge in [0.2, 0.25) is 0 Å². The SMILES string of the molecule is CN(C1CCCC1CN)S(=O)(=O)c1sccc1Br. The molecule has 1 aliphatic carbocycles. The smallest absolute Gasteiger partial charge is 0.253 e. The van der Waals surface area contributed by atoms with Crippen molar-refractivity contribution in [1.82, 2.24) is 4.31 Å². The monoisotopic (exact) mass is 352 g/mol. The number of hydrogen-bond donors (Lipinski definition) is 1. The predicted octanol–water partition coefficient (Wildman–Crippen LogP) is 2.26. The molecule has 1 saturated carbocycles. The van der Waals surface area contributed by atoms with Gasteiger partial charge in [-0.3, -0.25) is 0 Å². The van der Waals surface area contributed by atoms with Crippen LogP contribution in [0.25, 0.3) is 0 Å². The Balaban J connectivity index is 2.28. The molecule has 1 aliphatic rings. The van der Waals surface area contributed by atoms with Gasteiger partial charge in [-0.15, -0.1) is 11.3 Å². The number of nitrogens with two attached hydrogens (primary N) is 1. The predicted molar refractivity (Wildman–Crippen MR) is 77.2 cm³/mol. The zero-order valence-corrected chi connectivity index (χ0v) is 13.4. The Hall–Kier alpha value is 0.0500. The Kier molecular flexibility index (Phi) is 4.48. The van der Waals surface area contributed by atoms with E-state index >= 15 is 0 Å². The molecule has 1 aromatic heterocycles. The molecule has 1 heterocycles. The molecule has 4 nitrogen and oxygen atoms in total. The third-order valence-corrected chi connectivity index (χ3v) is 8.12. The minimum absolute atomic E-state index is 0.0361. The Morgan fingerprint density at radius 2 is 2.28 bits per heavy atom. The van der Waals surface area contributed by atoms with Gasteiger partial charge in [0.15, 0.2) is 0 Å². The molecular weight excluding hydrogens is 336 g/mol. The van der Waals surface area contributed by atoms with Crippen LogP contribution in [-0.4, -0.2) is 32.4 Å². The van der Waals surface area contributed by atoms with E-state index in [2.05, 4.69) is 15.9 Å². The van der Waals surface area contributed by atoms with E-state index in [1.807, 2.05) is 0 Å². The highest BCUT2D eigenvalue weighted by Crippen LogP contribution is 2.35. The minimum Gasteiger partial charge on any atom is -0.330 e.